The molecule has 0 saturated carbocycles. The SMILES string of the molecule is COc1cc(CCOCCN)c(OC)cc1Br. The third kappa shape index (κ3) is 4.18. The summed E-state index contributed by atoms with van der Waals surface area (Å²) in [5, 5.41) is 0. The Bertz CT molecular complexity index is 358. The van der Waals surface area contributed by atoms with Gasteiger partial charge in [-0.05, 0) is 34.5 Å². The van der Waals surface area contributed by atoms with E-state index in [1.54, 1.807) is 14.2 Å². The first-order chi connectivity index (χ1) is 8.22. The number of halogens is 1. The van der Waals surface area contributed by atoms with Crippen LogP contribution in [0.3, 0.4) is 0 Å². The van der Waals surface area contributed by atoms with Crippen LogP contribution in [0.15, 0.2) is 16.6 Å². The van der Waals surface area contributed by atoms with E-state index in [2.05, 4.69) is 15.9 Å². The second-order valence-electron chi connectivity index (χ2n) is 3.45. The minimum Gasteiger partial charge on any atom is -0.496 e. The Kier molecular flexibility index (Phi) is 6.32. The van der Waals surface area contributed by atoms with Crippen LogP contribution in [0.1, 0.15) is 5.56 Å². The van der Waals surface area contributed by atoms with Crippen molar-refractivity contribution in [3.8, 4) is 11.5 Å². The fourth-order valence-electron chi connectivity index (χ4n) is 1.49. The molecular formula is C12H18BrNO3. The van der Waals surface area contributed by atoms with Gasteiger partial charge in [-0.15, -0.1) is 0 Å². The van der Waals surface area contributed by atoms with Gasteiger partial charge in [-0.1, -0.05) is 0 Å². The van der Waals surface area contributed by atoms with Gasteiger partial charge < -0.3 is 19.9 Å². The predicted octanol–water partition coefficient (Wildman–Crippen LogP) is 1.98. The highest BCUT2D eigenvalue weighted by atomic mass is 79.9. The van der Waals surface area contributed by atoms with Crippen molar-refractivity contribution >= 4 is 15.9 Å². The van der Waals surface area contributed by atoms with Crippen LogP contribution in [-0.4, -0.2) is 34.0 Å². The van der Waals surface area contributed by atoms with E-state index in [0.29, 0.717) is 19.8 Å². The Morgan fingerprint density at radius 1 is 1.12 bits per heavy atom. The van der Waals surface area contributed by atoms with E-state index >= 15 is 0 Å². The monoisotopic (exact) mass is 303 g/mol. The molecule has 5 heteroatoms. The lowest BCUT2D eigenvalue weighted by Gasteiger charge is -2.12. The highest BCUT2D eigenvalue weighted by Crippen LogP contribution is 2.32. The molecule has 0 fully saturated rings. The van der Waals surface area contributed by atoms with Crippen LogP contribution in [-0.2, 0) is 11.2 Å². The van der Waals surface area contributed by atoms with Crippen molar-refractivity contribution in [2.24, 2.45) is 5.73 Å². The average Bonchev–Trinajstić information content (AvgIpc) is 2.35. The Labute approximate surface area is 110 Å². The maximum atomic E-state index is 5.36. The lowest BCUT2D eigenvalue weighted by atomic mass is 10.1. The molecule has 1 aromatic rings. The first-order valence-corrected chi connectivity index (χ1v) is 6.20. The Hall–Kier alpha value is -0.780. The molecule has 2 N–H and O–H groups in total. The zero-order chi connectivity index (χ0) is 12.7. The quantitative estimate of drug-likeness (QED) is 0.783. The zero-order valence-corrected chi connectivity index (χ0v) is 11.7. The van der Waals surface area contributed by atoms with Crippen molar-refractivity contribution in [2.45, 2.75) is 6.42 Å². The van der Waals surface area contributed by atoms with E-state index in [-0.39, 0.29) is 0 Å². The highest BCUT2D eigenvalue weighted by Gasteiger charge is 2.09. The number of methoxy groups -OCH3 is 2. The molecule has 1 rings (SSSR count). The van der Waals surface area contributed by atoms with Crippen LogP contribution in [0, 0.1) is 0 Å². The van der Waals surface area contributed by atoms with Gasteiger partial charge in [0.15, 0.2) is 0 Å². The minimum atomic E-state index is 0.542. The smallest absolute Gasteiger partial charge is 0.133 e. The molecule has 0 radical (unpaired) electrons. The fraction of sp³-hybridized carbons (Fsp3) is 0.500. The third-order valence-corrected chi connectivity index (χ3v) is 2.95. The minimum absolute atomic E-state index is 0.542. The average molecular weight is 304 g/mol. The molecule has 1 aromatic carbocycles. The molecule has 17 heavy (non-hydrogen) atoms. The Balaban J connectivity index is 2.74. The second kappa shape index (κ2) is 7.53. The molecule has 0 unspecified atom stereocenters. The van der Waals surface area contributed by atoms with E-state index in [0.717, 1.165) is 28.0 Å². The van der Waals surface area contributed by atoms with E-state index in [9.17, 15) is 0 Å². The van der Waals surface area contributed by atoms with Crippen molar-refractivity contribution in [2.75, 3.05) is 34.0 Å². The summed E-state index contributed by atoms with van der Waals surface area (Å²) in [6, 6.07) is 3.85. The summed E-state index contributed by atoms with van der Waals surface area (Å²) in [4.78, 5) is 0. The van der Waals surface area contributed by atoms with Gasteiger partial charge in [-0.25, -0.2) is 0 Å². The van der Waals surface area contributed by atoms with Gasteiger partial charge in [0, 0.05) is 12.1 Å². The lowest BCUT2D eigenvalue weighted by molar-refractivity contribution is 0.144. The summed E-state index contributed by atoms with van der Waals surface area (Å²) in [5.74, 6) is 1.62. The van der Waals surface area contributed by atoms with Crippen molar-refractivity contribution in [3.05, 3.63) is 22.2 Å². The second-order valence-corrected chi connectivity index (χ2v) is 4.30. The predicted molar refractivity (Wildman–Crippen MR) is 70.8 cm³/mol. The molecule has 0 aliphatic rings. The topological polar surface area (TPSA) is 53.7 Å². The third-order valence-electron chi connectivity index (χ3n) is 2.33. The largest absolute Gasteiger partial charge is 0.496 e. The van der Waals surface area contributed by atoms with E-state index in [4.69, 9.17) is 19.9 Å². The summed E-state index contributed by atoms with van der Waals surface area (Å²) in [7, 11) is 3.29. The van der Waals surface area contributed by atoms with Gasteiger partial charge >= 0.3 is 0 Å². The van der Waals surface area contributed by atoms with Gasteiger partial charge in [-0.3, -0.25) is 0 Å². The fourth-order valence-corrected chi connectivity index (χ4v) is 1.97. The van der Waals surface area contributed by atoms with Gasteiger partial charge in [0.1, 0.15) is 11.5 Å². The number of nitrogens with two attached hydrogens (primary N) is 1. The zero-order valence-electron chi connectivity index (χ0n) is 10.2. The normalized spacial score (nSPS) is 10.4. The van der Waals surface area contributed by atoms with Gasteiger partial charge in [0.2, 0.25) is 0 Å². The van der Waals surface area contributed by atoms with Crippen molar-refractivity contribution in [1.29, 1.82) is 0 Å². The number of rotatable bonds is 7. The molecule has 0 atom stereocenters. The van der Waals surface area contributed by atoms with Crippen LogP contribution < -0.4 is 15.2 Å². The van der Waals surface area contributed by atoms with Gasteiger partial charge in [-0.2, -0.15) is 0 Å². The molecule has 0 amide bonds. The molecule has 0 bridgehead atoms. The molecule has 0 spiro atoms. The number of ether oxygens (including phenoxy) is 3. The lowest BCUT2D eigenvalue weighted by Crippen LogP contribution is -2.10. The molecule has 0 heterocycles. The molecule has 0 aromatic heterocycles. The summed E-state index contributed by atoms with van der Waals surface area (Å²) < 4.78 is 16.8. The molecule has 4 nitrogen and oxygen atoms in total. The number of hydrogen-bond donors (Lipinski definition) is 1. The van der Waals surface area contributed by atoms with Crippen LogP contribution >= 0.6 is 15.9 Å². The first-order valence-electron chi connectivity index (χ1n) is 5.41. The molecule has 0 aliphatic carbocycles. The van der Waals surface area contributed by atoms with Gasteiger partial charge in [0.25, 0.3) is 0 Å². The molecule has 96 valence electrons. The highest BCUT2D eigenvalue weighted by molar-refractivity contribution is 9.10. The van der Waals surface area contributed by atoms with Crippen molar-refractivity contribution < 1.29 is 14.2 Å². The van der Waals surface area contributed by atoms with E-state index < -0.39 is 0 Å². The molecular weight excluding hydrogens is 286 g/mol. The summed E-state index contributed by atoms with van der Waals surface area (Å²) in [6.45, 7) is 1.75. The summed E-state index contributed by atoms with van der Waals surface area (Å²) in [5.41, 5.74) is 6.41. The van der Waals surface area contributed by atoms with E-state index in [1.165, 1.54) is 0 Å². The van der Waals surface area contributed by atoms with Crippen molar-refractivity contribution in [3.63, 3.8) is 0 Å². The Morgan fingerprint density at radius 2 is 1.82 bits per heavy atom. The standard InChI is InChI=1S/C12H18BrNO3/c1-15-11-8-10(13)12(16-2)7-9(11)3-5-17-6-4-14/h7-8H,3-6,14H2,1-2H3. The summed E-state index contributed by atoms with van der Waals surface area (Å²) >= 11 is 3.42. The first kappa shape index (κ1) is 14.3. The molecule has 0 aliphatic heterocycles. The van der Waals surface area contributed by atoms with Crippen LogP contribution in [0.25, 0.3) is 0 Å². The van der Waals surface area contributed by atoms with Crippen LogP contribution in [0.2, 0.25) is 0 Å². The van der Waals surface area contributed by atoms with Crippen molar-refractivity contribution in [1.82, 2.24) is 0 Å². The van der Waals surface area contributed by atoms with Crippen LogP contribution in [0.4, 0.5) is 0 Å². The molecule has 0 saturated heterocycles. The Morgan fingerprint density at radius 3 is 2.41 bits per heavy atom. The maximum absolute atomic E-state index is 5.36. The number of benzene rings is 1. The van der Waals surface area contributed by atoms with E-state index in [1.807, 2.05) is 12.1 Å². The summed E-state index contributed by atoms with van der Waals surface area (Å²) in [6.07, 6.45) is 0.771. The van der Waals surface area contributed by atoms with Crippen LogP contribution in [0.5, 0.6) is 11.5 Å². The number of hydrogen-bond acceptors (Lipinski definition) is 4. The maximum Gasteiger partial charge on any atom is 0.133 e. The van der Waals surface area contributed by atoms with Gasteiger partial charge in [0.05, 0.1) is 31.9 Å².